The van der Waals surface area contributed by atoms with Crippen LogP contribution < -0.4 is 5.32 Å². The summed E-state index contributed by atoms with van der Waals surface area (Å²) in [4.78, 5) is 16.2. The summed E-state index contributed by atoms with van der Waals surface area (Å²) in [6, 6.07) is 3.67. The second kappa shape index (κ2) is 9.88. The molecule has 0 aliphatic carbocycles. The van der Waals surface area contributed by atoms with E-state index in [4.69, 9.17) is 6.57 Å². The van der Waals surface area contributed by atoms with Crippen LogP contribution in [-0.2, 0) is 37.5 Å². The fraction of sp³-hybridized carbons (Fsp3) is 0.556. The van der Waals surface area contributed by atoms with E-state index < -0.39 is 7.26 Å². The van der Waals surface area contributed by atoms with E-state index in [1.807, 2.05) is 26.0 Å². The van der Waals surface area contributed by atoms with Gasteiger partial charge in [0, 0.05) is 45.7 Å². The molecule has 5 heteroatoms. The van der Waals surface area contributed by atoms with Crippen molar-refractivity contribution in [2.75, 3.05) is 23.8 Å². The summed E-state index contributed by atoms with van der Waals surface area (Å²) in [5, 5.41) is 3.12. The van der Waals surface area contributed by atoms with Gasteiger partial charge in [-0.15, -0.1) is 0 Å². The largest absolute Gasteiger partial charge is 0.322 e. The number of amides is 1. The smallest absolute Gasteiger partial charge is 0.264 e. The minimum Gasteiger partial charge on any atom is -0.322 e. The van der Waals surface area contributed by atoms with Crippen molar-refractivity contribution in [1.29, 1.82) is 0 Å². The zero-order valence-electron chi connectivity index (χ0n) is 15.2. The van der Waals surface area contributed by atoms with Gasteiger partial charge in [-0.2, -0.15) is 0 Å². The maximum Gasteiger partial charge on any atom is 0.264 e. The summed E-state index contributed by atoms with van der Waals surface area (Å²) in [7, 11) is -1.23. The molecular formula is C18H28N2OPY+. The van der Waals surface area contributed by atoms with Gasteiger partial charge >= 0.3 is 0 Å². The zero-order valence-corrected chi connectivity index (χ0v) is 19.0. The topological polar surface area (TPSA) is 33.5 Å². The Morgan fingerprint density at radius 2 is 1.61 bits per heavy atom. The van der Waals surface area contributed by atoms with Gasteiger partial charge in [0.25, 0.3) is 5.91 Å². The van der Waals surface area contributed by atoms with Crippen molar-refractivity contribution >= 4 is 24.5 Å². The van der Waals surface area contributed by atoms with Gasteiger partial charge in [0.1, 0.15) is 5.66 Å². The van der Waals surface area contributed by atoms with Crippen molar-refractivity contribution < 1.29 is 37.5 Å². The molecule has 3 nitrogen and oxygen atoms in total. The zero-order chi connectivity index (χ0) is 16.9. The van der Waals surface area contributed by atoms with E-state index >= 15 is 0 Å². The van der Waals surface area contributed by atoms with E-state index in [0.29, 0.717) is 5.69 Å². The normalized spacial score (nSPS) is 12.0. The molecule has 23 heavy (non-hydrogen) atoms. The molecule has 1 unspecified atom stereocenters. The number of nitrogens with zero attached hydrogens (tertiary/aromatic N) is 1. The quantitative estimate of drug-likeness (QED) is 0.506. The monoisotopic (exact) mass is 408 g/mol. The Hall–Kier alpha value is -0.286. The van der Waals surface area contributed by atoms with Crippen molar-refractivity contribution in [3.63, 3.8) is 0 Å². The number of hydrogen-bond acceptors (Lipinski definition) is 1. The van der Waals surface area contributed by atoms with Gasteiger partial charge in [-0.25, -0.2) is 4.85 Å². The van der Waals surface area contributed by atoms with Gasteiger partial charge in [-0.1, -0.05) is 12.1 Å². The summed E-state index contributed by atoms with van der Waals surface area (Å²) < 4.78 is 0. The van der Waals surface area contributed by atoms with E-state index in [9.17, 15) is 4.79 Å². The Bertz CT molecular complexity index is 560. The van der Waals surface area contributed by atoms with E-state index in [-0.39, 0.29) is 44.3 Å². The van der Waals surface area contributed by atoms with Gasteiger partial charge in [-0.3, -0.25) is 4.79 Å². The molecule has 0 fully saturated rings. The Labute approximate surface area is 167 Å². The first-order valence-electron chi connectivity index (χ1n) is 8.00. The Kier molecular flexibility index (Phi) is 9.75. The molecule has 1 N–H and O–H groups in total. The van der Waals surface area contributed by atoms with Crippen LogP contribution in [0.25, 0.3) is 4.85 Å². The molecule has 0 aromatic heterocycles. The minimum atomic E-state index is -1.23. The first-order chi connectivity index (χ1) is 10.3. The van der Waals surface area contributed by atoms with Crippen LogP contribution in [0.15, 0.2) is 12.1 Å². The number of anilines is 1. The van der Waals surface area contributed by atoms with Crippen molar-refractivity contribution in [1.82, 2.24) is 0 Å². The van der Waals surface area contributed by atoms with Crippen LogP contribution in [0.2, 0.25) is 0 Å². The Morgan fingerprint density at radius 3 is 1.96 bits per heavy atom. The number of benzene rings is 1. The third-order valence-corrected chi connectivity index (χ3v) is 10.6. The van der Waals surface area contributed by atoms with Gasteiger partial charge < -0.3 is 5.32 Å². The summed E-state index contributed by atoms with van der Waals surface area (Å²) in [5.74, 6) is 0.126. The summed E-state index contributed by atoms with van der Waals surface area (Å²) >= 11 is 0. The van der Waals surface area contributed by atoms with E-state index in [2.05, 4.69) is 37.9 Å². The Morgan fingerprint density at radius 1 is 1.17 bits per heavy atom. The van der Waals surface area contributed by atoms with Crippen LogP contribution >= 0.6 is 7.26 Å². The summed E-state index contributed by atoms with van der Waals surface area (Å²) in [6.45, 7) is 19.7. The van der Waals surface area contributed by atoms with Gasteiger partial charge in [-0.05, 0) is 52.7 Å². The molecule has 0 saturated heterocycles. The second-order valence-electron chi connectivity index (χ2n) is 5.90. The molecule has 0 bridgehead atoms. The fourth-order valence-electron chi connectivity index (χ4n) is 3.17. The third kappa shape index (κ3) is 5.09. The third-order valence-electron chi connectivity index (χ3n) is 4.99. The van der Waals surface area contributed by atoms with Crippen molar-refractivity contribution in [2.45, 2.75) is 47.2 Å². The number of carbonyl (C=O) groups is 1. The van der Waals surface area contributed by atoms with Crippen molar-refractivity contribution in [3.8, 4) is 0 Å². The number of nitrogens with one attached hydrogen (secondary N) is 1. The molecule has 1 rings (SSSR count). The predicted octanol–water partition coefficient (Wildman–Crippen LogP) is 5.26. The van der Waals surface area contributed by atoms with E-state index in [1.165, 1.54) is 0 Å². The average Bonchev–Trinajstić information content (AvgIpc) is 2.52. The second-order valence-corrected chi connectivity index (χ2v) is 11.0. The SMILES string of the molecule is [C-]#[N+]c1cc(C)c(NC(=O)C(C)[P+](CC)(CC)CC)c(C)c1.[Y]. The molecule has 0 saturated carbocycles. The molecular weight excluding hydrogens is 380 g/mol. The van der Waals surface area contributed by atoms with Crippen LogP contribution in [-0.4, -0.2) is 30.1 Å². The molecule has 1 radical (unpaired) electrons. The number of aryl methyl sites for hydroxylation is 2. The molecule has 1 amide bonds. The van der Waals surface area contributed by atoms with Crippen LogP contribution in [0.5, 0.6) is 0 Å². The van der Waals surface area contributed by atoms with Gasteiger partial charge in [0.05, 0.1) is 25.1 Å². The molecule has 123 valence electrons. The standard InChI is InChI=1S/C18H27N2OP.Y/c1-8-22(9-2,10-3)15(6)18(21)20-17-13(4)11-16(19-7)12-14(17)5;/h11-12,15H,8-10H2,1-6H3;/p+1. The fourth-order valence-corrected chi connectivity index (χ4v) is 6.72. The number of hydrogen-bond donors (Lipinski definition) is 1. The first-order valence-corrected chi connectivity index (χ1v) is 10.4. The molecule has 0 aliphatic rings. The number of carbonyl (C=O) groups excluding carboxylic acids is 1. The molecule has 1 atom stereocenters. The Balaban J connectivity index is 0.00000484. The van der Waals surface area contributed by atoms with Crippen molar-refractivity contribution in [3.05, 3.63) is 34.7 Å². The molecule has 0 spiro atoms. The van der Waals surface area contributed by atoms with Crippen LogP contribution in [0.4, 0.5) is 11.4 Å². The summed E-state index contributed by atoms with van der Waals surface area (Å²) in [6.07, 6.45) is 3.34. The molecule has 1 aromatic carbocycles. The maximum absolute atomic E-state index is 12.8. The van der Waals surface area contributed by atoms with E-state index in [0.717, 1.165) is 35.3 Å². The predicted molar refractivity (Wildman–Crippen MR) is 98.8 cm³/mol. The molecule has 0 heterocycles. The van der Waals surface area contributed by atoms with Crippen LogP contribution in [0, 0.1) is 20.4 Å². The van der Waals surface area contributed by atoms with E-state index in [1.54, 1.807) is 0 Å². The van der Waals surface area contributed by atoms with Gasteiger partial charge in [0.15, 0.2) is 5.69 Å². The molecule has 0 aliphatic heterocycles. The van der Waals surface area contributed by atoms with Gasteiger partial charge in [0.2, 0.25) is 0 Å². The van der Waals surface area contributed by atoms with Crippen LogP contribution in [0.1, 0.15) is 38.8 Å². The van der Waals surface area contributed by atoms with Crippen molar-refractivity contribution in [2.24, 2.45) is 0 Å². The molecule has 1 aromatic rings. The number of rotatable bonds is 6. The maximum atomic E-state index is 12.8. The average molecular weight is 408 g/mol. The summed E-state index contributed by atoms with van der Waals surface area (Å²) in [5.41, 5.74) is 3.48. The minimum absolute atomic E-state index is 0. The van der Waals surface area contributed by atoms with Crippen LogP contribution in [0.3, 0.4) is 0 Å². The first kappa shape index (κ1) is 22.7.